The van der Waals surface area contributed by atoms with E-state index in [1.54, 1.807) is 30.3 Å². The van der Waals surface area contributed by atoms with E-state index in [1.165, 1.54) is 12.1 Å². The second-order valence-corrected chi connectivity index (χ2v) is 3.88. The first kappa shape index (κ1) is 11.6. The molecule has 2 rings (SSSR count). The maximum atomic E-state index is 13.4. The van der Waals surface area contributed by atoms with Gasteiger partial charge in [0, 0.05) is 10.6 Å². The van der Waals surface area contributed by atoms with Crippen LogP contribution in [0.25, 0.3) is 0 Å². The fraction of sp³-hybridized carbons (Fsp3) is 0. The minimum atomic E-state index is -0.554. The Morgan fingerprint density at radius 3 is 2.47 bits per heavy atom. The third-order valence-electron chi connectivity index (χ3n) is 2.22. The lowest BCUT2D eigenvalue weighted by Crippen LogP contribution is -2.12. The van der Waals surface area contributed by atoms with E-state index in [9.17, 15) is 9.18 Å². The molecule has 17 heavy (non-hydrogen) atoms. The zero-order chi connectivity index (χ0) is 12.3. The lowest BCUT2D eigenvalue weighted by Gasteiger charge is -2.06. The highest BCUT2D eigenvalue weighted by Crippen LogP contribution is 2.19. The maximum absolute atomic E-state index is 13.4. The van der Waals surface area contributed by atoms with Crippen molar-refractivity contribution in [2.45, 2.75) is 0 Å². The number of anilines is 1. The molecule has 0 aromatic heterocycles. The Balaban J connectivity index is 2.19. The number of rotatable bonds is 2. The fourth-order valence-corrected chi connectivity index (χ4v) is 1.53. The molecule has 2 aromatic carbocycles. The quantitative estimate of drug-likeness (QED) is 0.863. The topological polar surface area (TPSA) is 29.1 Å². The molecule has 1 amide bonds. The summed E-state index contributed by atoms with van der Waals surface area (Å²) in [5.41, 5.74) is 0.588. The van der Waals surface area contributed by atoms with Crippen LogP contribution in [0.4, 0.5) is 10.1 Å². The Morgan fingerprint density at radius 1 is 1.12 bits per heavy atom. The summed E-state index contributed by atoms with van der Waals surface area (Å²) in [5, 5.41) is 2.77. The minimum absolute atomic E-state index is 0.114. The van der Waals surface area contributed by atoms with Crippen molar-refractivity contribution < 1.29 is 9.18 Å². The first-order valence-corrected chi connectivity index (χ1v) is 5.36. The van der Waals surface area contributed by atoms with Crippen LogP contribution in [0.3, 0.4) is 0 Å². The molecule has 0 aliphatic heterocycles. The largest absolute Gasteiger partial charge is 0.319 e. The van der Waals surface area contributed by atoms with Gasteiger partial charge in [0.25, 0.3) is 5.91 Å². The van der Waals surface area contributed by atoms with E-state index in [2.05, 4.69) is 5.32 Å². The van der Waals surface area contributed by atoms with E-state index in [0.717, 1.165) is 6.07 Å². The van der Waals surface area contributed by atoms with Crippen LogP contribution in [0.1, 0.15) is 10.4 Å². The summed E-state index contributed by atoms with van der Waals surface area (Å²) < 4.78 is 13.4. The molecule has 2 nitrogen and oxygen atoms in total. The number of benzene rings is 2. The number of hydrogen-bond donors (Lipinski definition) is 1. The van der Waals surface area contributed by atoms with Gasteiger partial charge >= 0.3 is 0 Å². The van der Waals surface area contributed by atoms with Crippen molar-refractivity contribution in [2.75, 3.05) is 5.32 Å². The Hall–Kier alpha value is -1.87. The van der Waals surface area contributed by atoms with Gasteiger partial charge in [-0.15, -0.1) is 0 Å². The number of carbonyl (C=O) groups is 1. The Morgan fingerprint density at radius 2 is 1.82 bits per heavy atom. The van der Waals surface area contributed by atoms with Crippen LogP contribution in [0, 0.1) is 5.82 Å². The normalized spacial score (nSPS) is 10.0. The Labute approximate surface area is 103 Å². The summed E-state index contributed by atoms with van der Waals surface area (Å²) in [6, 6.07) is 12.7. The molecule has 2 aromatic rings. The van der Waals surface area contributed by atoms with Crippen LogP contribution in [-0.2, 0) is 0 Å². The summed E-state index contributed by atoms with van der Waals surface area (Å²) in [7, 11) is 0. The van der Waals surface area contributed by atoms with Gasteiger partial charge in [-0.05, 0) is 30.3 Å². The first-order valence-electron chi connectivity index (χ1n) is 4.98. The van der Waals surface area contributed by atoms with Crippen molar-refractivity contribution in [3.8, 4) is 0 Å². The lowest BCUT2D eigenvalue weighted by molar-refractivity contribution is 0.102. The molecule has 86 valence electrons. The molecule has 4 heteroatoms. The van der Waals surface area contributed by atoms with Crippen LogP contribution in [0.2, 0.25) is 5.02 Å². The highest BCUT2D eigenvalue weighted by Gasteiger charge is 2.08. The Bertz CT molecular complexity index is 542. The Kier molecular flexibility index (Phi) is 3.40. The second kappa shape index (κ2) is 4.97. The van der Waals surface area contributed by atoms with Gasteiger partial charge in [0.05, 0.1) is 5.69 Å². The molecule has 0 fully saturated rings. The van der Waals surface area contributed by atoms with Crippen molar-refractivity contribution in [1.82, 2.24) is 0 Å². The number of carbonyl (C=O) groups excluding carboxylic acids is 1. The highest BCUT2D eigenvalue weighted by atomic mass is 35.5. The van der Waals surface area contributed by atoms with E-state index in [4.69, 9.17) is 11.6 Å². The van der Waals surface area contributed by atoms with Gasteiger partial charge < -0.3 is 5.32 Å². The van der Waals surface area contributed by atoms with Crippen LogP contribution < -0.4 is 5.32 Å². The minimum Gasteiger partial charge on any atom is -0.319 e. The molecule has 0 atom stereocenters. The average Bonchev–Trinajstić information content (AvgIpc) is 2.34. The van der Waals surface area contributed by atoms with Gasteiger partial charge in [-0.1, -0.05) is 29.8 Å². The van der Waals surface area contributed by atoms with Crippen LogP contribution in [-0.4, -0.2) is 5.91 Å². The summed E-state index contributed by atoms with van der Waals surface area (Å²) >= 11 is 5.62. The SMILES string of the molecule is O=C(Nc1ccc(Cl)cc1F)c1ccccc1. The monoisotopic (exact) mass is 249 g/mol. The van der Waals surface area contributed by atoms with Crippen molar-refractivity contribution in [3.05, 3.63) is 64.9 Å². The van der Waals surface area contributed by atoms with Gasteiger partial charge in [0.15, 0.2) is 0 Å². The smallest absolute Gasteiger partial charge is 0.255 e. The summed E-state index contributed by atoms with van der Waals surface area (Å²) in [4.78, 5) is 11.7. The number of nitrogens with one attached hydrogen (secondary N) is 1. The predicted octanol–water partition coefficient (Wildman–Crippen LogP) is 3.73. The lowest BCUT2D eigenvalue weighted by atomic mass is 10.2. The van der Waals surface area contributed by atoms with Crippen molar-refractivity contribution >= 4 is 23.2 Å². The van der Waals surface area contributed by atoms with Crippen molar-refractivity contribution in [1.29, 1.82) is 0 Å². The average molecular weight is 250 g/mol. The molecule has 0 radical (unpaired) electrons. The second-order valence-electron chi connectivity index (χ2n) is 3.44. The van der Waals surface area contributed by atoms with Gasteiger partial charge in [0.1, 0.15) is 5.82 Å². The standard InChI is InChI=1S/C13H9ClFNO/c14-10-6-7-12(11(15)8-10)16-13(17)9-4-2-1-3-5-9/h1-8H,(H,16,17). The number of halogens is 2. The van der Waals surface area contributed by atoms with E-state index in [1.807, 2.05) is 0 Å². The molecule has 0 heterocycles. The molecule has 0 saturated heterocycles. The van der Waals surface area contributed by atoms with Gasteiger partial charge in [-0.3, -0.25) is 4.79 Å². The molecule has 0 saturated carbocycles. The molecule has 0 aliphatic rings. The first-order chi connectivity index (χ1) is 8.16. The van der Waals surface area contributed by atoms with E-state index in [-0.39, 0.29) is 11.6 Å². The van der Waals surface area contributed by atoms with Crippen LogP contribution in [0.5, 0.6) is 0 Å². The van der Waals surface area contributed by atoms with Gasteiger partial charge in [-0.2, -0.15) is 0 Å². The molecule has 0 spiro atoms. The van der Waals surface area contributed by atoms with Crippen LogP contribution in [0.15, 0.2) is 48.5 Å². The van der Waals surface area contributed by atoms with Gasteiger partial charge in [-0.25, -0.2) is 4.39 Å². The molecule has 0 unspecified atom stereocenters. The predicted molar refractivity (Wildman–Crippen MR) is 65.8 cm³/mol. The molecular formula is C13H9ClFNO. The maximum Gasteiger partial charge on any atom is 0.255 e. The summed E-state index contributed by atoms with van der Waals surface area (Å²) in [6.45, 7) is 0. The fourth-order valence-electron chi connectivity index (χ4n) is 1.37. The van der Waals surface area contributed by atoms with E-state index in [0.29, 0.717) is 10.6 Å². The third kappa shape index (κ3) is 2.82. The molecule has 0 aliphatic carbocycles. The zero-order valence-corrected chi connectivity index (χ0v) is 9.54. The third-order valence-corrected chi connectivity index (χ3v) is 2.45. The van der Waals surface area contributed by atoms with Crippen molar-refractivity contribution in [3.63, 3.8) is 0 Å². The highest BCUT2D eigenvalue weighted by molar-refractivity contribution is 6.30. The molecular weight excluding hydrogens is 241 g/mol. The molecule has 1 N–H and O–H groups in total. The summed E-state index contributed by atoms with van der Waals surface area (Å²) in [6.07, 6.45) is 0. The van der Waals surface area contributed by atoms with Crippen LogP contribution >= 0.6 is 11.6 Å². The van der Waals surface area contributed by atoms with Gasteiger partial charge in [0.2, 0.25) is 0 Å². The van der Waals surface area contributed by atoms with E-state index >= 15 is 0 Å². The number of amides is 1. The molecule has 0 bridgehead atoms. The van der Waals surface area contributed by atoms with E-state index < -0.39 is 5.82 Å². The van der Waals surface area contributed by atoms with Crippen molar-refractivity contribution in [2.24, 2.45) is 0 Å². The summed E-state index contributed by atoms with van der Waals surface area (Å²) in [5.74, 6) is -0.909. The number of hydrogen-bond acceptors (Lipinski definition) is 1. The zero-order valence-electron chi connectivity index (χ0n) is 8.78.